The van der Waals surface area contributed by atoms with Crippen molar-refractivity contribution in [2.45, 2.75) is 13.5 Å². The first-order valence-electron chi connectivity index (χ1n) is 4.65. The van der Waals surface area contributed by atoms with E-state index in [2.05, 4.69) is 0 Å². The van der Waals surface area contributed by atoms with Crippen LogP contribution < -0.4 is 5.56 Å². The average Bonchev–Trinajstić information content (AvgIpc) is 2.19. The molecule has 17 heavy (non-hydrogen) atoms. The molecule has 0 radical (unpaired) electrons. The fourth-order valence-electron chi connectivity index (χ4n) is 1.31. The van der Waals surface area contributed by atoms with Gasteiger partial charge in [-0.1, -0.05) is 0 Å². The molecule has 0 unspecified atom stereocenters. The fourth-order valence-corrected chi connectivity index (χ4v) is 1.31. The summed E-state index contributed by atoms with van der Waals surface area (Å²) in [4.78, 5) is 31.7. The average molecular weight is 238 g/mol. The molecule has 7 nitrogen and oxygen atoms in total. The Labute approximate surface area is 95.8 Å². The summed E-state index contributed by atoms with van der Waals surface area (Å²) in [6.07, 6.45) is 2.32. The van der Waals surface area contributed by atoms with E-state index in [9.17, 15) is 19.7 Å². The van der Waals surface area contributed by atoms with E-state index in [1.165, 1.54) is 19.2 Å². The van der Waals surface area contributed by atoms with Crippen LogP contribution in [0.5, 0.6) is 0 Å². The van der Waals surface area contributed by atoms with Gasteiger partial charge in [0.25, 0.3) is 0 Å². The molecule has 0 spiro atoms. The number of aromatic nitrogens is 1. The first-order valence-corrected chi connectivity index (χ1v) is 4.65. The molecule has 0 saturated carbocycles. The number of allylic oxidation sites excluding steroid dienone is 1. The van der Waals surface area contributed by atoms with E-state index in [-0.39, 0.29) is 6.54 Å². The molecule has 0 saturated heterocycles. The maximum atomic E-state index is 11.6. The van der Waals surface area contributed by atoms with Crippen molar-refractivity contribution in [3.8, 4) is 0 Å². The number of nitrogens with zero attached hydrogens (tertiary/aromatic N) is 2. The highest BCUT2D eigenvalue weighted by Crippen LogP contribution is 2.03. The smallest absolute Gasteiger partial charge is 0.334 e. The monoisotopic (exact) mass is 238 g/mol. The van der Waals surface area contributed by atoms with Crippen molar-refractivity contribution < 1.29 is 14.8 Å². The number of pyridine rings is 1. The molecule has 1 aromatic rings. The molecule has 0 atom stereocenters. The number of nitro groups is 1. The van der Waals surface area contributed by atoms with Gasteiger partial charge in [0.15, 0.2) is 0 Å². The molecule has 90 valence electrons. The summed E-state index contributed by atoms with van der Waals surface area (Å²) in [5.74, 6) is -1.12. The zero-order valence-corrected chi connectivity index (χ0v) is 8.99. The molecule has 1 heterocycles. The Bertz CT molecular complexity index is 544. The maximum Gasteiger partial charge on any atom is 0.334 e. The molecule has 0 aliphatic heterocycles. The largest absolute Gasteiger partial charge is 0.478 e. The lowest BCUT2D eigenvalue weighted by molar-refractivity contribution is -0.386. The highest BCUT2D eigenvalue weighted by Gasteiger charge is 2.13. The summed E-state index contributed by atoms with van der Waals surface area (Å²) < 4.78 is 1.09. The third kappa shape index (κ3) is 3.26. The van der Waals surface area contributed by atoms with E-state index in [1.54, 1.807) is 0 Å². The summed E-state index contributed by atoms with van der Waals surface area (Å²) in [5.41, 5.74) is -0.869. The molecule has 0 aromatic carbocycles. The third-order valence-electron chi connectivity index (χ3n) is 1.99. The van der Waals surface area contributed by atoms with Gasteiger partial charge in [-0.3, -0.25) is 14.9 Å². The highest BCUT2D eigenvalue weighted by molar-refractivity contribution is 5.80. The highest BCUT2D eigenvalue weighted by atomic mass is 16.6. The van der Waals surface area contributed by atoms with E-state index in [0.717, 1.165) is 16.7 Å². The quantitative estimate of drug-likeness (QED) is 0.474. The molecular weight excluding hydrogens is 228 g/mol. The van der Waals surface area contributed by atoms with Crippen LogP contribution in [-0.4, -0.2) is 20.6 Å². The van der Waals surface area contributed by atoms with E-state index >= 15 is 0 Å². The predicted molar refractivity (Wildman–Crippen MR) is 58.7 cm³/mol. The molecule has 7 heteroatoms. The van der Waals surface area contributed by atoms with Gasteiger partial charge in [0.05, 0.1) is 4.92 Å². The van der Waals surface area contributed by atoms with Gasteiger partial charge in [0.2, 0.25) is 0 Å². The van der Waals surface area contributed by atoms with Gasteiger partial charge < -0.3 is 9.67 Å². The number of hydrogen-bond donors (Lipinski definition) is 1. The SMILES string of the molecule is CC(=CC(=O)O)Cn1cccc([N+](=O)[O-])c1=O. The summed E-state index contributed by atoms with van der Waals surface area (Å²) in [6, 6.07) is 2.47. The normalized spacial score (nSPS) is 11.2. The van der Waals surface area contributed by atoms with Gasteiger partial charge in [-0.2, -0.15) is 0 Å². The van der Waals surface area contributed by atoms with Crippen LogP contribution >= 0.6 is 0 Å². The number of carboxylic acid groups (broad SMARTS) is 1. The Kier molecular flexibility index (Phi) is 3.76. The van der Waals surface area contributed by atoms with Crippen molar-refractivity contribution in [2.75, 3.05) is 0 Å². The molecule has 0 fully saturated rings. The maximum absolute atomic E-state index is 11.6. The second-order valence-electron chi connectivity index (χ2n) is 3.41. The minimum absolute atomic E-state index is 0.00676. The van der Waals surface area contributed by atoms with Crippen LogP contribution in [0, 0.1) is 10.1 Å². The fraction of sp³-hybridized carbons (Fsp3) is 0.200. The number of aliphatic carboxylic acids is 1. The summed E-state index contributed by atoms with van der Waals surface area (Å²) >= 11 is 0. The molecule has 0 amide bonds. The molecule has 1 N–H and O–H groups in total. The second-order valence-corrected chi connectivity index (χ2v) is 3.41. The van der Waals surface area contributed by atoms with E-state index < -0.39 is 22.1 Å². The lowest BCUT2D eigenvalue weighted by Crippen LogP contribution is -2.22. The van der Waals surface area contributed by atoms with Crippen LogP contribution in [-0.2, 0) is 11.3 Å². The van der Waals surface area contributed by atoms with Crippen molar-refractivity contribution in [3.63, 3.8) is 0 Å². The van der Waals surface area contributed by atoms with Crippen molar-refractivity contribution in [1.82, 2.24) is 4.57 Å². The minimum atomic E-state index is -1.12. The number of carboxylic acids is 1. The number of carbonyl (C=O) groups is 1. The van der Waals surface area contributed by atoms with E-state index in [1.807, 2.05) is 0 Å². The third-order valence-corrected chi connectivity index (χ3v) is 1.99. The van der Waals surface area contributed by atoms with Gasteiger partial charge in [0, 0.05) is 24.9 Å². The van der Waals surface area contributed by atoms with E-state index in [0.29, 0.717) is 5.57 Å². The Morgan fingerprint density at radius 1 is 1.65 bits per heavy atom. The molecule has 0 aliphatic carbocycles. The van der Waals surface area contributed by atoms with Crippen LogP contribution in [0.15, 0.2) is 34.8 Å². The van der Waals surface area contributed by atoms with Gasteiger partial charge in [-0.05, 0) is 18.6 Å². The van der Waals surface area contributed by atoms with Crippen molar-refractivity contribution in [2.24, 2.45) is 0 Å². The second kappa shape index (κ2) is 5.06. The first kappa shape index (κ1) is 12.6. The van der Waals surface area contributed by atoms with Gasteiger partial charge in [0.1, 0.15) is 0 Å². The molecular formula is C10H10N2O5. The number of hydrogen-bond acceptors (Lipinski definition) is 4. The Morgan fingerprint density at radius 2 is 2.29 bits per heavy atom. The van der Waals surface area contributed by atoms with Gasteiger partial charge in [-0.15, -0.1) is 0 Å². The van der Waals surface area contributed by atoms with Crippen molar-refractivity contribution in [3.05, 3.63) is 50.4 Å². The Balaban J connectivity index is 3.09. The predicted octanol–water partition coefficient (Wildman–Crippen LogP) is 0.787. The molecule has 1 aromatic heterocycles. The zero-order chi connectivity index (χ0) is 13.0. The van der Waals surface area contributed by atoms with Crippen LogP contribution in [0.4, 0.5) is 5.69 Å². The topological polar surface area (TPSA) is 102 Å². The van der Waals surface area contributed by atoms with Gasteiger partial charge >= 0.3 is 17.2 Å². The molecule has 1 rings (SSSR count). The van der Waals surface area contributed by atoms with Crippen LogP contribution in [0.3, 0.4) is 0 Å². The van der Waals surface area contributed by atoms with Crippen molar-refractivity contribution in [1.29, 1.82) is 0 Å². The van der Waals surface area contributed by atoms with Gasteiger partial charge in [-0.25, -0.2) is 4.79 Å². The summed E-state index contributed by atoms with van der Waals surface area (Å²) in [6.45, 7) is 1.53. The van der Waals surface area contributed by atoms with Crippen LogP contribution in [0.25, 0.3) is 0 Å². The Hall–Kier alpha value is -2.44. The van der Waals surface area contributed by atoms with Crippen LogP contribution in [0.2, 0.25) is 0 Å². The van der Waals surface area contributed by atoms with E-state index in [4.69, 9.17) is 5.11 Å². The van der Waals surface area contributed by atoms with Crippen LogP contribution in [0.1, 0.15) is 6.92 Å². The minimum Gasteiger partial charge on any atom is -0.478 e. The number of rotatable bonds is 4. The Morgan fingerprint density at radius 3 is 2.82 bits per heavy atom. The summed E-state index contributed by atoms with van der Waals surface area (Å²) in [7, 11) is 0. The first-order chi connectivity index (χ1) is 7.91. The summed E-state index contributed by atoms with van der Waals surface area (Å²) in [5, 5.41) is 19.0. The standard InChI is InChI=1S/C10H10N2O5/c1-7(5-9(13)14)6-11-4-2-3-8(10(11)15)12(16)17/h2-5H,6H2,1H3,(H,13,14). The molecule has 0 bridgehead atoms. The molecule has 0 aliphatic rings. The lowest BCUT2D eigenvalue weighted by Gasteiger charge is -2.04. The lowest BCUT2D eigenvalue weighted by atomic mass is 10.2. The zero-order valence-electron chi connectivity index (χ0n) is 8.99. The van der Waals surface area contributed by atoms with Crippen molar-refractivity contribution >= 4 is 11.7 Å².